The average Bonchev–Trinajstić information content (AvgIpc) is 2.99. The lowest BCUT2D eigenvalue weighted by Crippen LogP contribution is -2.23. The van der Waals surface area contributed by atoms with Gasteiger partial charge in [0.1, 0.15) is 0 Å². The van der Waals surface area contributed by atoms with Gasteiger partial charge >= 0.3 is 0 Å². The Morgan fingerprint density at radius 1 is 1.12 bits per heavy atom. The summed E-state index contributed by atoms with van der Waals surface area (Å²) >= 11 is 7.27. The average molecular weight is 373 g/mol. The van der Waals surface area contributed by atoms with Crippen molar-refractivity contribution in [2.45, 2.75) is 24.3 Å². The number of nitrogens with two attached hydrogens (primary N) is 1. The Labute approximate surface area is 155 Å². The summed E-state index contributed by atoms with van der Waals surface area (Å²) in [5.41, 5.74) is 8.35. The fourth-order valence-corrected chi connectivity index (χ4v) is 3.22. The first-order valence-electron chi connectivity index (χ1n) is 7.70. The van der Waals surface area contributed by atoms with E-state index < -0.39 is 11.2 Å². The molecule has 2 aromatic carbocycles. The number of thioether (sulfide) groups is 1. The smallest absolute Gasteiger partial charge is 0.230 e. The molecule has 0 aliphatic heterocycles. The SMILES string of the molecule is Cc1ccc(-n2c(SC(C)C(N)=O)nnc2-c2ccc(Cl)cc2)cc1. The number of benzene rings is 2. The number of nitrogens with zero attached hydrogens (tertiary/aromatic N) is 3. The van der Waals surface area contributed by atoms with E-state index in [0.717, 1.165) is 16.8 Å². The standard InChI is InChI=1S/C18H17ClN4OS/c1-11-3-9-15(10-4-11)23-17(13-5-7-14(19)8-6-13)21-22-18(23)25-12(2)16(20)24/h3-10,12H,1-2H3,(H2,20,24). The van der Waals surface area contributed by atoms with Crippen LogP contribution in [0.15, 0.2) is 53.7 Å². The molecule has 25 heavy (non-hydrogen) atoms. The first-order chi connectivity index (χ1) is 12.0. The van der Waals surface area contributed by atoms with Crippen LogP contribution in [-0.2, 0) is 4.79 Å². The van der Waals surface area contributed by atoms with Crippen LogP contribution in [0.4, 0.5) is 0 Å². The number of hydrogen-bond acceptors (Lipinski definition) is 4. The number of halogens is 1. The van der Waals surface area contributed by atoms with Gasteiger partial charge in [0.05, 0.1) is 5.25 Å². The molecule has 1 atom stereocenters. The van der Waals surface area contributed by atoms with Gasteiger partial charge in [0.2, 0.25) is 5.91 Å². The zero-order chi connectivity index (χ0) is 18.0. The van der Waals surface area contributed by atoms with Gasteiger partial charge < -0.3 is 5.73 Å². The summed E-state index contributed by atoms with van der Waals surface area (Å²) in [7, 11) is 0. The van der Waals surface area contributed by atoms with E-state index in [9.17, 15) is 4.79 Å². The van der Waals surface area contributed by atoms with Crippen LogP contribution in [0.5, 0.6) is 0 Å². The second-order valence-corrected chi connectivity index (χ2v) is 7.39. The Morgan fingerprint density at radius 3 is 2.36 bits per heavy atom. The van der Waals surface area contributed by atoms with Gasteiger partial charge in [0.25, 0.3) is 0 Å². The number of carbonyl (C=O) groups excluding carboxylic acids is 1. The van der Waals surface area contributed by atoms with Crippen LogP contribution >= 0.6 is 23.4 Å². The molecule has 0 bridgehead atoms. The fourth-order valence-electron chi connectivity index (χ4n) is 2.27. The molecule has 0 fully saturated rings. The van der Waals surface area contributed by atoms with Gasteiger partial charge in [-0.05, 0) is 50.2 Å². The quantitative estimate of drug-likeness (QED) is 0.690. The zero-order valence-electron chi connectivity index (χ0n) is 13.8. The van der Waals surface area contributed by atoms with E-state index in [0.29, 0.717) is 16.0 Å². The summed E-state index contributed by atoms with van der Waals surface area (Å²) in [6, 6.07) is 15.4. The van der Waals surface area contributed by atoms with Crippen LogP contribution in [0.1, 0.15) is 12.5 Å². The van der Waals surface area contributed by atoms with E-state index in [-0.39, 0.29) is 0 Å². The van der Waals surface area contributed by atoms with Gasteiger partial charge in [-0.15, -0.1) is 10.2 Å². The van der Waals surface area contributed by atoms with Crippen LogP contribution in [0.3, 0.4) is 0 Å². The third-order valence-electron chi connectivity index (χ3n) is 3.71. The molecule has 1 amide bonds. The lowest BCUT2D eigenvalue weighted by Gasteiger charge is -2.12. The van der Waals surface area contributed by atoms with Crippen molar-refractivity contribution in [3.05, 3.63) is 59.1 Å². The Kier molecular flexibility index (Phi) is 5.11. The highest BCUT2D eigenvalue weighted by atomic mass is 35.5. The molecule has 0 radical (unpaired) electrons. The molecule has 0 aliphatic carbocycles. The van der Waals surface area contributed by atoms with E-state index >= 15 is 0 Å². The normalized spacial score (nSPS) is 12.1. The van der Waals surface area contributed by atoms with Gasteiger partial charge in [-0.25, -0.2) is 0 Å². The van der Waals surface area contributed by atoms with Gasteiger partial charge in [-0.2, -0.15) is 0 Å². The van der Waals surface area contributed by atoms with E-state index in [2.05, 4.69) is 10.2 Å². The second-order valence-electron chi connectivity index (χ2n) is 5.65. The maximum absolute atomic E-state index is 11.4. The molecule has 1 unspecified atom stereocenters. The lowest BCUT2D eigenvalue weighted by atomic mass is 10.2. The fraction of sp³-hybridized carbons (Fsp3) is 0.167. The molecule has 7 heteroatoms. The minimum Gasteiger partial charge on any atom is -0.369 e. The zero-order valence-corrected chi connectivity index (χ0v) is 15.4. The molecule has 1 heterocycles. The molecule has 2 N–H and O–H groups in total. The summed E-state index contributed by atoms with van der Waals surface area (Å²) < 4.78 is 1.92. The number of carbonyl (C=O) groups is 1. The number of hydrogen-bond donors (Lipinski definition) is 1. The Bertz CT molecular complexity index is 890. The predicted molar refractivity (Wildman–Crippen MR) is 101 cm³/mol. The van der Waals surface area contributed by atoms with E-state index in [4.69, 9.17) is 17.3 Å². The first kappa shape index (κ1) is 17.5. The number of amides is 1. The van der Waals surface area contributed by atoms with Crippen LogP contribution in [0.2, 0.25) is 5.02 Å². The summed E-state index contributed by atoms with van der Waals surface area (Å²) in [5, 5.41) is 9.45. The summed E-state index contributed by atoms with van der Waals surface area (Å²) in [6.45, 7) is 3.78. The molecule has 3 rings (SSSR count). The monoisotopic (exact) mass is 372 g/mol. The molecule has 1 aromatic heterocycles. The molecule has 3 aromatic rings. The lowest BCUT2D eigenvalue weighted by molar-refractivity contribution is -0.117. The third kappa shape index (κ3) is 3.86. The molecule has 0 saturated carbocycles. The third-order valence-corrected chi connectivity index (χ3v) is 5.02. The van der Waals surface area contributed by atoms with Crippen LogP contribution in [-0.4, -0.2) is 25.9 Å². The van der Waals surface area contributed by atoms with Crippen LogP contribution in [0.25, 0.3) is 17.1 Å². The Hall–Kier alpha value is -2.31. The van der Waals surface area contributed by atoms with Crippen molar-refractivity contribution >= 4 is 29.3 Å². The van der Waals surface area contributed by atoms with Gasteiger partial charge in [0.15, 0.2) is 11.0 Å². The van der Waals surface area contributed by atoms with Crippen molar-refractivity contribution in [2.75, 3.05) is 0 Å². The molecular weight excluding hydrogens is 356 g/mol. The molecule has 128 valence electrons. The maximum atomic E-state index is 11.4. The van der Waals surface area contributed by atoms with Crippen LogP contribution in [0, 0.1) is 6.92 Å². The first-order valence-corrected chi connectivity index (χ1v) is 8.96. The van der Waals surface area contributed by atoms with Crippen molar-refractivity contribution in [3.63, 3.8) is 0 Å². The van der Waals surface area contributed by atoms with Crippen molar-refractivity contribution < 1.29 is 4.79 Å². The van der Waals surface area contributed by atoms with E-state index in [1.807, 2.05) is 60.0 Å². The van der Waals surface area contributed by atoms with Gasteiger partial charge in [-0.1, -0.05) is 41.1 Å². The van der Waals surface area contributed by atoms with E-state index in [1.54, 1.807) is 6.92 Å². The number of rotatable bonds is 5. The predicted octanol–water partition coefficient (Wildman–Crippen LogP) is 3.86. The summed E-state index contributed by atoms with van der Waals surface area (Å²) in [5.74, 6) is 0.288. The molecule has 5 nitrogen and oxygen atoms in total. The van der Waals surface area contributed by atoms with Crippen molar-refractivity contribution in [1.82, 2.24) is 14.8 Å². The summed E-state index contributed by atoms with van der Waals surface area (Å²) in [4.78, 5) is 11.4. The van der Waals surface area contributed by atoms with Crippen LogP contribution < -0.4 is 5.73 Å². The van der Waals surface area contributed by atoms with Crippen molar-refractivity contribution in [3.8, 4) is 17.1 Å². The largest absolute Gasteiger partial charge is 0.369 e. The number of aryl methyl sites for hydroxylation is 1. The van der Waals surface area contributed by atoms with Gasteiger partial charge in [-0.3, -0.25) is 9.36 Å². The topological polar surface area (TPSA) is 73.8 Å². The highest BCUT2D eigenvalue weighted by Crippen LogP contribution is 2.30. The summed E-state index contributed by atoms with van der Waals surface area (Å²) in [6.07, 6.45) is 0. The highest BCUT2D eigenvalue weighted by molar-refractivity contribution is 8.00. The van der Waals surface area contributed by atoms with Crippen molar-refractivity contribution in [1.29, 1.82) is 0 Å². The molecule has 0 spiro atoms. The minimum absolute atomic E-state index is 0.392. The Balaban J connectivity index is 2.12. The number of aromatic nitrogens is 3. The Morgan fingerprint density at radius 2 is 1.76 bits per heavy atom. The molecule has 0 aliphatic rings. The van der Waals surface area contributed by atoms with Crippen molar-refractivity contribution in [2.24, 2.45) is 5.73 Å². The van der Waals surface area contributed by atoms with E-state index in [1.165, 1.54) is 11.8 Å². The number of primary amides is 1. The highest BCUT2D eigenvalue weighted by Gasteiger charge is 2.20. The second kappa shape index (κ2) is 7.29. The molecule has 0 saturated heterocycles. The van der Waals surface area contributed by atoms with Gasteiger partial charge in [0, 0.05) is 16.3 Å². The minimum atomic E-state index is -0.411. The maximum Gasteiger partial charge on any atom is 0.230 e. The molecular formula is C18H17ClN4OS.